The normalized spacial score (nSPS) is 17.2. The first-order chi connectivity index (χ1) is 14.4. The topological polar surface area (TPSA) is 9.03 Å². The molecule has 4 aromatic rings. The molecule has 2 nitrogen and oxygen atoms in total. The van der Waals surface area contributed by atoms with Gasteiger partial charge in [0.2, 0.25) is 11.0 Å². The summed E-state index contributed by atoms with van der Waals surface area (Å²) < 4.78 is 5.16. The van der Waals surface area contributed by atoms with Gasteiger partial charge in [0.15, 0.2) is 0 Å². The quantitative estimate of drug-likeness (QED) is 0.239. The van der Waals surface area contributed by atoms with E-state index in [0.29, 0.717) is 12.0 Å². The molecule has 0 spiro atoms. The molecule has 162 valence electrons. The third kappa shape index (κ3) is 2.26. The standard InChI is InChI=1S/C29H37N2/c1-16(2)20-12-11-13-21-23-18(5)14-15-22-24(23)27-25(29(9,10)28(22,7)8)19(6)30(17(3)4)31(27)26(20)21/h11-17H,1-10H3/q+1. The van der Waals surface area contributed by atoms with Gasteiger partial charge < -0.3 is 0 Å². The summed E-state index contributed by atoms with van der Waals surface area (Å²) in [5.74, 6) is 0.465. The summed E-state index contributed by atoms with van der Waals surface area (Å²) in [5, 5.41) is 4.30. The average molecular weight is 414 g/mol. The van der Waals surface area contributed by atoms with Crippen LogP contribution in [0.2, 0.25) is 0 Å². The lowest BCUT2D eigenvalue weighted by molar-refractivity contribution is -0.587. The zero-order valence-corrected chi connectivity index (χ0v) is 20.9. The zero-order chi connectivity index (χ0) is 22.6. The van der Waals surface area contributed by atoms with Crippen LogP contribution in [0.15, 0.2) is 30.3 Å². The van der Waals surface area contributed by atoms with Crippen molar-refractivity contribution < 1.29 is 4.52 Å². The highest BCUT2D eigenvalue weighted by Crippen LogP contribution is 2.54. The van der Waals surface area contributed by atoms with Crippen LogP contribution in [0.1, 0.15) is 95.3 Å². The minimum atomic E-state index is 0.0259. The molecule has 0 bridgehead atoms. The summed E-state index contributed by atoms with van der Waals surface area (Å²) in [6.07, 6.45) is 0. The number of hydrogen-bond donors (Lipinski definition) is 0. The number of aromatic nitrogens is 2. The molecule has 0 unspecified atom stereocenters. The van der Waals surface area contributed by atoms with Crippen molar-refractivity contribution >= 4 is 27.2 Å². The highest BCUT2D eigenvalue weighted by Gasteiger charge is 2.51. The Morgan fingerprint density at radius 3 is 2.10 bits per heavy atom. The van der Waals surface area contributed by atoms with E-state index in [-0.39, 0.29) is 10.8 Å². The van der Waals surface area contributed by atoms with Crippen LogP contribution in [-0.4, -0.2) is 4.68 Å². The molecule has 0 aliphatic heterocycles. The predicted octanol–water partition coefficient (Wildman–Crippen LogP) is 7.42. The molecular weight excluding hydrogens is 376 g/mol. The number of hydrogen-bond acceptors (Lipinski definition) is 0. The highest BCUT2D eigenvalue weighted by molar-refractivity contribution is 6.15. The predicted molar refractivity (Wildman–Crippen MR) is 133 cm³/mol. The fraction of sp³-hybridized carbons (Fsp3) is 0.483. The first-order valence-corrected chi connectivity index (χ1v) is 11.9. The van der Waals surface area contributed by atoms with Crippen molar-refractivity contribution in [1.82, 2.24) is 4.68 Å². The maximum absolute atomic E-state index is 2.60. The van der Waals surface area contributed by atoms with E-state index in [0.717, 1.165) is 0 Å². The lowest BCUT2D eigenvalue weighted by atomic mass is 9.57. The Morgan fingerprint density at radius 1 is 0.806 bits per heavy atom. The van der Waals surface area contributed by atoms with Crippen molar-refractivity contribution in [3.8, 4) is 0 Å². The van der Waals surface area contributed by atoms with E-state index >= 15 is 0 Å². The number of rotatable bonds is 2. The Hall–Kier alpha value is -2.35. The van der Waals surface area contributed by atoms with Gasteiger partial charge in [-0.25, -0.2) is 0 Å². The second-order valence-corrected chi connectivity index (χ2v) is 11.4. The number of benzene rings is 2. The van der Waals surface area contributed by atoms with Crippen molar-refractivity contribution in [2.45, 2.75) is 92.0 Å². The van der Waals surface area contributed by atoms with Crippen molar-refractivity contribution in [3.63, 3.8) is 0 Å². The lowest BCUT2D eigenvalue weighted by Crippen LogP contribution is -2.44. The fourth-order valence-corrected chi connectivity index (χ4v) is 6.40. The molecule has 0 saturated heterocycles. The Bertz CT molecular complexity index is 1390. The maximum atomic E-state index is 2.60. The minimum absolute atomic E-state index is 0.0259. The van der Waals surface area contributed by atoms with Crippen molar-refractivity contribution in [1.29, 1.82) is 0 Å². The van der Waals surface area contributed by atoms with E-state index in [1.807, 2.05) is 0 Å². The van der Waals surface area contributed by atoms with Crippen LogP contribution in [0.25, 0.3) is 27.2 Å². The van der Waals surface area contributed by atoms with Crippen LogP contribution in [0.4, 0.5) is 0 Å². The van der Waals surface area contributed by atoms with Gasteiger partial charge in [0.05, 0.1) is 28.1 Å². The summed E-state index contributed by atoms with van der Waals surface area (Å²) >= 11 is 0. The van der Waals surface area contributed by atoms with Gasteiger partial charge in [-0.3, -0.25) is 0 Å². The smallest absolute Gasteiger partial charge is 0.149 e. The first kappa shape index (κ1) is 20.5. The first-order valence-electron chi connectivity index (χ1n) is 11.9. The van der Waals surface area contributed by atoms with Gasteiger partial charge in [-0.05, 0) is 56.2 Å². The van der Waals surface area contributed by atoms with Crippen LogP contribution >= 0.6 is 0 Å². The largest absolute Gasteiger partial charge is 0.250 e. The number of para-hydroxylation sites is 1. The second kappa shape index (κ2) is 6.12. The molecule has 31 heavy (non-hydrogen) atoms. The monoisotopic (exact) mass is 413 g/mol. The van der Waals surface area contributed by atoms with Crippen molar-refractivity contribution in [2.75, 3.05) is 0 Å². The van der Waals surface area contributed by atoms with Crippen LogP contribution in [0.3, 0.4) is 0 Å². The minimum Gasteiger partial charge on any atom is -0.149 e. The molecule has 0 atom stereocenters. The van der Waals surface area contributed by atoms with Gasteiger partial charge >= 0.3 is 0 Å². The molecule has 0 radical (unpaired) electrons. The lowest BCUT2D eigenvalue weighted by Gasteiger charge is -2.44. The third-order valence-corrected chi connectivity index (χ3v) is 8.54. The Kier molecular flexibility index (Phi) is 4.06. The van der Waals surface area contributed by atoms with E-state index in [2.05, 4.69) is 109 Å². The van der Waals surface area contributed by atoms with E-state index in [1.54, 1.807) is 0 Å². The van der Waals surface area contributed by atoms with Gasteiger partial charge in [0, 0.05) is 16.4 Å². The summed E-state index contributed by atoms with van der Waals surface area (Å²) in [7, 11) is 0. The molecule has 2 aromatic heterocycles. The number of aryl methyl sites for hydroxylation is 1. The molecule has 0 fully saturated rings. The molecule has 2 aromatic carbocycles. The molecule has 2 heteroatoms. The number of nitrogens with zero attached hydrogens (tertiary/aromatic N) is 2. The summed E-state index contributed by atoms with van der Waals surface area (Å²) in [6, 6.07) is 12.1. The van der Waals surface area contributed by atoms with E-state index in [1.165, 1.54) is 55.1 Å². The molecule has 5 rings (SSSR count). The molecule has 1 aliphatic rings. The third-order valence-electron chi connectivity index (χ3n) is 8.54. The summed E-state index contributed by atoms with van der Waals surface area (Å²) in [4.78, 5) is 0. The van der Waals surface area contributed by atoms with Gasteiger partial charge in [0.25, 0.3) is 0 Å². The van der Waals surface area contributed by atoms with Crippen LogP contribution in [0.5, 0.6) is 0 Å². The van der Waals surface area contributed by atoms with Gasteiger partial charge in [-0.1, -0.05) is 70.3 Å². The molecule has 0 amide bonds. The van der Waals surface area contributed by atoms with Crippen molar-refractivity contribution in [3.05, 3.63) is 58.3 Å². The Labute approximate surface area is 186 Å². The number of pyridine rings is 1. The van der Waals surface area contributed by atoms with E-state index < -0.39 is 0 Å². The number of fused-ring (bicyclic) bond motifs is 3. The van der Waals surface area contributed by atoms with Gasteiger partial charge in [0.1, 0.15) is 0 Å². The summed E-state index contributed by atoms with van der Waals surface area (Å²) in [6.45, 7) is 23.7. The zero-order valence-electron chi connectivity index (χ0n) is 20.9. The van der Waals surface area contributed by atoms with Crippen molar-refractivity contribution in [2.24, 2.45) is 0 Å². The van der Waals surface area contributed by atoms with Gasteiger partial charge in [-0.2, -0.15) is 0 Å². The SMILES string of the molecule is Cc1ccc2c3c1c1cccc(C(C)C)c1[n+]1c3c(c(C)n1C(C)C)C(C)(C)C2(C)C. The molecular formula is C29H37N2+. The molecule has 1 aliphatic carbocycles. The van der Waals surface area contributed by atoms with E-state index in [4.69, 9.17) is 0 Å². The fourth-order valence-electron chi connectivity index (χ4n) is 6.40. The van der Waals surface area contributed by atoms with Crippen LogP contribution in [-0.2, 0) is 10.8 Å². The van der Waals surface area contributed by atoms with Gasteiger partial charge in [-0.15, -0.1) is 4.68 Å². The second-order valence-electron chi connectivity index (χ2n) is 11.4. The summed E-state index contributed by atoms with van der Waals surface area (Å²) in [5.41, 5.74) is 10.1. The molecule has 0 saturated carbocycles. The molecule has 2 heterocycles. The Morgan fingerprint density at radius 2 is 1.48 bits per heavy atom. The van der Waals surface area contributed by atoms with Crippen LogP contribution < -0.4 is 4.52 Å². The molecule has 0 N–H and O–H groups in total. The Balaban J connectivity index is 2.28. The van der Waals surface area contributed by atoms with E-state index in [9.17, 15) is 0 Å². The van der Waals surface area contributed by atoms with Crippen LogP contribution in [0, 0.1) is 13.8 Å². The maximum Gasteiger partial charge on any atom is 0.250 e. The average Bonchev–Trinajstić information content (AvgIpc) is 3.00. The highest BCUT2D eigenvalue weighted by atomic mass is 15.4.